The van der Waals surface area contributed by atoms with Gasteiger partial charge in [-0.25, -0.2) is 4.99 Å². The first kappa shape index (κ1) is 12.5. The molecule has 0 spiro atoms. The molecule has 1 aromatic carbocycles. The van der Waals surface area contributed by atoms with Gasteiger partial charge in [-0.15, -0.1) is 0 Å². The Bertz CT molecular complexity index is 652. The van der Waals surface area contributed by atoms with E-state index in [4.69, 9.17) is 19.9 Å². The molecule has 3 aliphatic rings. The number of epoxide rings is 1. The molecular weight excluding hydrogens is 272 g/mol. The number of methoxy groups -OCH3 is 1. The zero-order valence-electron chi connectivity index (χ0n) is 11.7. The van der Waals surface area contributed by atoms with Crippen molar-refractivity contribution in [2.75, 3.05) is 33.4 Å². The largest absolute Gasteiger partial charge is 0.491 e. The fraction of sp³-hybridized carbons (Fsp3) is 0.429. The second-order valence-electron chi connectivity index (χ2n) is 5.09. The van der Waals surface area contributed by atoms with Crippen molar-refractivity contribution in [3.05, 3.63) is 17.7 Å². The lowest BCUT2D eigenvalue weighted by atomic mass is 10.1. The van der Waals surface area contributed by atoms with Gasteiger partial charge in [0.25, 0.3) is 0 Å². The van der Waals surface area contributed by atoms with Gasteiger partial charge in [0.1, 0.15) is 24.2 Å². The van der Waals surface area contributed by atoms with Crippen LogP contribution < -0.4 is 15.2 Å². The molecule has 0 bridgehead atoms. The van der Waals surface area contributed by atoms with Crippen LogP contribution in [0.25, 0.3) is 0 Å². The summed E-state index contributed by atoms with van der Waals surface area (Å²) in [7, 11) is 1.60. The van der Waals surface area contributed by atoms with Crippen LogP contribution in [0.3, 0.4) is 0 Å². The highest BCUT2D eigenvalue weighted by atomic mass is 16.6. The predicted octanol–water partition coefficient (Wildman–Crippen LogP) is 0.495. The Balaban J connectivity index is 1.76. The Morgan fingerprint density at radius 3 is 3.10 bits per heavy atom. The highest BCUT2D eigenvalue weighted by Crippen LogP contribution is 2.43. The van der Waals surface area contributed by atoms with Crippen molar-refractivity contribution in [3.63, 3.8) is 0 Å². The molecule has 1 fully saturated rings. The number of aliphatic imine (C=N–C) groups is 2. The zero-order valence-corrected chi connectivity index (χ0v) is 11.7. The number of fused-ring (bicyclic) bond motifs is 3. The molecule has 21 heavy (non-hydrogen) atoms. The normalized spacial score (nSPS) is 22.1. The third-order valence-corrected chi connectivity index (χ3v) is 3.71. The topological polar surface area (TPSA) is 85.0 Å². The van der Waals surface area contributed by atoms with E-state index in [-0.39, 0.29) is 6.10 Å². The Kier molecular flexibility index (Phi) is 2.75. The van der Waals surface area contributed by atoms with Crippen molar-refractivity contribution in [2.45, 2.75) is 6.10 Å². The van der Waals surface area contributed by atoms with Crippen LogP contribution in [-0.4, -0.2) is 56.2 Å². The maximum atomic E-state index is 6.02. The summed E-state index contributed by atoms with van der Waals surface area (Å²) in [4.78, 5) is 10.9. The number of guanidine groups is 1. The van der Waals surface area contributed by atoms with E-state index in [1.54, 1.807) is 7.11 Å². The second-order valence-corrected chi connectivity index (χ2v) is 5.09. The van der Waals surface area contributed by atoms with Gasteiger partial charge in [0.05, 0.1) is 20.3 Å². The average Bonchev–Trinajstić information content (AvgIpc) is 3.18. The summed E-state index contributed by atoms with van der Waals surface area (Å²) >= 11 is 0. The van der Waals surface area contributed by atoms with Crippen LogP contribution >= 0.6 is 0 Å². The van der Waals surface area contributed by atoms with Gasteiger partial charge in [-0.3, -0.25) is 9.89 Å². The molecule has 1 aromatic rings. The third kappa shape index (κ3) is 2.01. The number of benzene rings is 1. The van der Waals surface area contributed by atoms with Gasteiger partial charge in [0, 0.05) is 12.1 Å². The molecule has 0 radical (unpaired) electrons. The maximum absolute atomic E-state index is 6.02. The lowest BCUT2D eigenvalue weighted by molar-refractivity contribution is 0.252. The van der Waals surface area contributed by atoms with Crippen LogP contribution in [0.5, 0.6) is 11.5 Å². The number of amidine groups is 1. The number of nitrogens with zero attached hydrogens (tertiary/aromatic N) is 3. The third-order valence-electron chi connectivity index (χ3n) is 3.71. The van der Waals surface area contributed by atoms with Crippen molar-refractivity contribution in [1.82, 2.24) is 4.90 Å². The van der Waals surface area contributed by atoms with Gasteiger partial charge in [0.15, 0.2) is 11.5 Å². The monoisotopic (exact) mass is 288 g/mol. The Labute approximate surface area is 122 Å². The molecule has 0 aromatic heterocycles. The van der Waals surface area contributed by atoms with E-state index in [0.29, 0.717) is 29.8 Å². The Hall–Kier alpha value is -2.28. The number of nitrogens with two attached hydrogens (primary N) is 1. The fourth-order valence-corrected chi connectivity index (χ4v) is 2.58. The van der Waals surface area contributed by atoms with E-state index >= 15 is 0 Å². The number of rotatable bonds is 4. The summed E-state index contributed by atoms with van der Waals surface area (Å²) in [5.41, 5.74) is 7.63. The summed E-state index contributed by atoms with van der Waals surface area (Å²) in [6.07, 6.45) is 0.189. The Morgan fingerprint density at radius 1 is 1.48 bits per heavy atom. The zero-order chi connectivity index (χ0) is 14.4. The van der Waals surface area contributed by atoms with Crippen molar-refractivity contribution in [1.29, 1.82) is 0 Å². The molecule has 3 aliphatic heterocycles. The van der Waals surface area contributed by atoms with Crippen molar-refractivity contribution in [3.8, 4) is 11.5 Å². The molecule has 3 heterocycles. The highest BCUT2D eigenvalue weighted by Gasteiger charge is 2.31. The number of hydrogen-bond acceptors (Lipinski definition) is 7. The SMILES string of the molecule is COc1c(OCC2CO2)ccc2c1N=C(N)N1CCN=C21. The standard InChI is InChI=1S/C14H16N4O3/c1-19-12-10(21-7-8-6-20-8)3-2-9-11(12)17-14(15)18-5-4-16-13(9)18/h2-3,8H,4-7H2,1H3,(H2,15,17). The quantitative estimate of drug-likeness (QED) is 0.815. The van der Waals surface area contributed by atoms with Crippen LogP contribution in [-0.2, 0) is 4.74 Å². The molecular formula is C14H16N4O3. The first-order valence-electron chi connectivity index (χ1n) is 6.90. The van der Waals surface area contributed by atoms with E-state index in [2.05, 4.69) is 9.98 Å². The first-order chi connectivity index (χ1) is 10.3. The van der Waals surface area contributed by atoms with E-state index in [1.165, 1.54) is 0 Å². The smallest absolute Gasteiger partial charge is 0.202 e. The van der Waals surface area contributed by atoms with E-state index in [9.17, 15) is 0 Å². The van der Waals surface area contributed by atoms with Crippen LogP contribution in [0.15, 0.2) is 22.1 Å². The van der Waals surface area contributed by atoms with E-state index < -0.39 is 0 Å². The molecule has 0 saturated carbocycles. The molecule has 1 saturated heterocycles. The molecule has 7 nitrogen and oxygen atoms in total. The minimum absolute atomic E-state index is 0.189. The van der Waals surface area contributed by atoms with Gasteiger partial charge in [0.2, 0.25) is 5.96 Å². The highest BCUT2D eigenvalue weighted by molar-refractivity contribution is 6.16. The number of ether oxygens (including phenoxy) is 3. The van der Waals surface area contributed by atoms with Crippen LogP contribution in [0.2, 0.25) is 0 Å². The summed E-state index contributed by atoms with van der Waals surface area (Å²) in [6.45, 7) is 2.76. The summed E-state index contributed by atoms with van der Waals surface area (Å²) in [6, 6.07) is 3.84. The summed E-state index contributed by atoms with van der Waals surface area (Å²) < 4.78 is 16.4. The minimum Gasteiger partial charge on any atom is -0.491 e. The molecule has 2 N–H and O–H groups in total. The molecule has 4 rings (SSSR count). The van der Waals surface area contributed by atoms with Gasteiger partial charge in [-0.2, -0.15) is 0 Å². The molecule has 110 valence electrons. The van der Waals surface area contributed by atoms with Gasteiger partial charge in [-0.05, 0) is 12.1 Å². The number of hydrogen-bond donors (Lipinski definition) is 1. The van der Waals surface area contributed by atoms with E-state index in [0.717, 1.165) is 31.1 Å². The molecule has 1 unspecified atom stereocenters. The summed E-state index contributed by atoms with van der Waals surface area (Å²) in [5, 5.41) is 0. The van der Waals surface area contributed by atoms with Crippen molar-refractivity contribution in [2.24, 2.45) is 15.7 Å². The lowest BCUT2D eigenvalue weighted by Crippen LogP contribution is -2.42. The second kappa shape index (κ2) is 4.63. The fourth-order valence-electron chi connectivity index (χ4n) is 2.58. The lowest BCUT2D eigenvalue weighted by Gasteiger charge is -2.26. The van der Waals surface area contributed by atoms with Crippen LogP contribution in [0.1, 0.15) is 5.56 Å². The molecule has 7 heteroatoms. The molecule has 1 atom stereocenters. The van der Waals surface area contributed by atoms with Gasteiger partial charge < -0.3 is 19.9 Å². The molecule has 0 amide bonds. The minimum atomic E-state index is 0.189. The maximum Gasteiger partial charge on any atom is 0.202 e. The van der Waals surface area contributed by atoms with Crippen LogP contribution in [0.4, 0.5) is 5.69 Å². The first-order valence-corrected chi connectivity index (χ1v) is 6.90. The van der Waals surface area contributed by atoms with Crippen molar-refractivity contribution < 1.29 is 14.2 Å². The van der Waals surface area contributed by atoms with Gasteiger partial charge >= 0.3 is 0 Å². The molecule has 0 aliphatic carbocycles. The van der Waals surface area contributed by atoms with Gasteiger partial charge in [-0.1, -0.05) is 0 Å². The predicted molar refractivity (Wildman–Crippen MR) is 77.6 cm³/mol. The van der Waals surface area contributed by atoms with Crippen molar-refractivity contribution >= 4 is 17.5 Å². The average molecular weight is 288 g/mol. The Morgan fingerprint density at radius 2 is 2.33 bits per heavy atom. The summed E-state index contributed by atoms with van der Waals surface area (Å²) in [5.74, 6) is 2.54. The van der Waals surface area contributed by atoms with E-state index in [1.807, 2.05) is 17.0 Å². The van der Waals surface area contributed by atoms with Crippen LogP contribution in [0, 0.1) is 0 Å².